The van der Waals surface area contributed by atoms with Crippen molar-refractivity contribution < 1.29 is 32.2 Å². The predicted octanol–water partition coefficient (Wildman–Crippen LogP) is 4.43. The molecule has 1 aromatic heterocycles. The zero-order valence-electron chi connectivity index (χ0n) is 20.8. The van der Waals surface area contributed by atoms with Gasteiger partial charge in [-0.15, -0.1) is 0 Å². The minimum atomic E-state index is -4.47. The molecule has 4 rings (SSSR count). The molecular formula is C26H32F3N3O4. The Morgan fingerprint density at radius 2 is 1.86 bits per heavy atom. The van der Waals surface area contributed by atoms with E-state index in [0.717, 1.165) is 48.5 Å². The molecule has 10 heteroatoms. The first-order chi connectivity index (χ1) is 16.9. The highest BCUT2D eigenvalue weighted by Crippen LogP contribution is 2.38. The molecule has 0 bridgehead atoms. The van der Waals surface area contributed by atoms with Crippen LogP contribution in [0, 0.1) is 10.8 Å². The van der Waals surface area contributed by atoms with Gasteiger partial charge in [0, 0.05) is 31.7 Å². The molecule has 7 nitrogen and oxygen atoms in total. The van der Waals surface area contributed by atoms with E-state index in [4.69, 9.17) is 14.6 Å². The maximum atomic E-state index is 13.0. The predicted molar refractivity (Wildman–Crippen MR) is 126 cm³/mol. The summed E-state index contributed by atoms with van der Waals surface area (Å²) in [6.45, 7) is 8.18. The van der Waals surface area contributed by atoms with Crippen LogP contribution in [0.2, 0.25) is 0 Å². The average molecular weight is 508 g/mol. The van der Waals surface area contributed by atoms with E-state index < -0.39 is 23.1 Å². The summed E-state index contributed by atoms with van der Waals surface area (Å²) < 4.78 is 51.3. The number of fused-ring (bicyclic) bond motifs is 1. The molecule has 2 aliphatic heterocycles. The molecule has 0 radical (unpaired) electrons. The number of carbonyl (C=O) groups is 2. The Morgan fingerprint density at radius 1 is 1.19 bits per heavy atom. The molecule has 1 N–H and O–H groups in total. The van der Waals surface area contributed by atoms with Gasteiger partial charge >= 0.3 is 12.1 Å². The molecule has 1 saturated heterocycles. The molecule has 196 valence electrons. The monoisotopic (exact) mass is 507 g/mol. The standard InChI is InChI=1S/C26H32F3N3O4/c1-4-19-21-20(13-25(14-30-22(21)33)9-11-35-12-10-25)32(31-19)15-24(2,3)16-36-23(34)17-5-7-18(8-6-17)26(27,28)29/h5-8H,4,9-16H2,1-3H3,(H,30,33). The van der Waals surface area contributed by atoms with Gasteiger partial charge in [0.15, 0.2) is 0 Å². The van der Waals surface area contributed by atoms with Crippen LogP contribution >= 0.6 is 0 Å². The fourth-order valence-electron chi connectivity index (χ4n) is 4.89. The SMILES string of the molecule is CCc1nn(CC(C)(C)COC(=O)c2ccc(C(F)(F)F)cc2)c2c1C(=O)NCC1(CCOCC1)C2. The molecule has 1 aromatic carbocycles. The number of hydrogen-bond acceptors (Lipinski definition) is 5. The normalized spacial score (nSPS) is 17.9. The summed E-state index contributed by atoms with van der Waals surface area (Å²) in [5.41, 5.74) is 0.877. The Bertz CT molecular complexity index is 1120. The van der Waals surface area contributed by atoms with Crippen LogP contribution < -0.4 is 5.32 Å². The lowest BCUT2D eigenvalue weighted by Gasteiger charge is -2.36. The van der Waals surface area contributed by atoms with Crippen LogP contribution in [0.3, 0.4) is 0 Å². The van der Waals surface area contributed by atoms with Gasteiger partial charge in [-0.05, 0) is 55.4 Å². The van der Waals surface area contributed by atoms with Gasteiger partial charge in [0.25, 0.3) is 5.91 Å². The number of hydrogen-bond donors (Lipinski definition) is 1. The Kier molecular flexibility index (Phi) is 7.19. The lowest BCUT2D eigenvalue weighted by atomic mass is 9.76. The molecule has 0 unspecified atom stereocenters. The molecule has 2 aromatic rings. The highest BCUT2D eigenvalue weighted by Gasteiger charge is 2.40. The second-order valence-electron chi connectivity index (χ2n) is 10.6. The first-order valence-electron chi connectivity index (χ1n) is 12.2. The van der Waals surface area contributed by atoms with E-state index in [0.29, 0.717) is 44.7 Å². The van der Waals surface area contributed by atoms with Crippen molar-refractivity contribution in [3.8, 4) is 0 Å². The third-order valence-corrected chi connectivity index (χ3v) is 7.03. The minimum Gasteiger partial charge on any atom is -0.461 e. The molecule has 0 atom stereocenters. The van der Waals surface area contributed by atoms with Crippen molar-refractivity contribution in [3.63, 3.8) is 0 Å². The molecule has 1 spiro atoms. The van der Waals surface area contributed by atoms with Crippen molar-refractivity contribution in [1.29, 1.82) is 0 Å². The van der Waals surface area contributed by atoms with E-state index in [2.05, 4.69) is 5.32 Å². The summed E-state index contributed by atoms with van der Waals surface area (Å²) in [5.74, 6) is -0.797. The maximum absolute atomic E-state index is 13.0. The number of aromatic nitrogens is 2. The van der Waals surface area contributed by atoms with Gasteiger partial charge in [-0.2, -0.15) is 18.3 Å². The summed E-state index contributed by atoms with van der Waals surface area (Å²) in [6.07, 6.45) is -1.44. The number of aryl methyl sites for hydroxylation is 1. The van der Waals surface area contributed by atoms with E-state index in [9.17, 15) is 22.8 Å². The molecule has 3 heterocycles. The van der Waals surface area contributed by atoms with Crippen LogP contribution in [0.4, 0.5) is 13.2 Å². The van der Waals surface area contributed by atoms with Crippen LogP contribution in [0.15, 0.2) is 24.3 Å². The number of benzene rings is 1. The summed E-state index contributed by atoms with van der Waals surface area (Å²) in [7, 11) is 0. The summed E-state index contributed by atoms with van der Waals surface area (Å²) in [4.78, 5) is 25.5. The Morgan fingerprint density at radius 3 is 2.47 bits per heavy atom. The number of halogens is 3. The van der Waals surface area contributed by atoms with Crippen molar-refractivity contribution in [2.45, 2.75) is 59.2 Å². The number of ether oxygens (including phenoxy) is 2. The molecule has 0 saturated carbocycles. The van der Waals surface area contributed by atoms with Crippen molar-refractivity contribution in [1.82, 2.24) is 15.1 Å². The number of rotatable bonds is 6. The number of alkyl halides is 3. The molecule has 1 fully saturated rings. The van der Waals surface area contributed by atoms with Gasteiger partial charge in [0.2, 0.25) is 0 Å². The van der Waals surface area contributed by atoms with Crippen molar-refractivity contribution >= 4 is 11.9 Å². The third kappa shape index (κ3) is 5.58. The number of carbonyl (C=O) groups excluding carboxylic acids is 2. The van der Waals surface area contributed by atoms with Crippen molar-refractivity contribution in [2.75, 3.05) is 26.4 Å². The quantitative estimate of drug-likeness (QED) is 0.585. The number of nitrogens with zero attached hydrogens (tertiary/aromatic N) is 2. The highest BCUT2D eigenvalue weighted by atomic mass is 19.4. The van der Waals surface area contributed by atoms with E-state index in [-0.39, 0.29) is 23.5 Å². The summed E-state index contributed by atoms with van der Waals surface area (Å²) in [6, 6.07) is 3.96. The number of nitrogens with one attached hydrogen (secondary N) is 1. The Labute approximate surface area is 208 Å². The highest BCUT2D eigenvalue weighted by molar-refractivity contribution is 5.97. The zero-order valence-corrected chi connectivity index (χ0v) is 20.8. The Balaban J connectivity index is 1.50. The fraction of sp³-hybridized carbons (Fsp3) is 0.577. The summed E-state index contributed by atoms with van der Waals surface area (Å²) >= 11 is 0. The van der Waals surface area contributed by atoms with Gasteiger partial charge in [0.1, 0.15) is 0 Å². The van der Waals surface area contributed by atoms with E-state index >= 15 is 0 Å². The van der Waals surface area contributed by atoms with Crippen LogP contribution in [0.1, 0.15) is 71.3 Å². The van der Waals surface area contributed by atoms with Crippen LogP contribution in [0.25, 0.3) is 0 Å². The van der Waals surface area contributed by atoms with E-state index in [1.54, 1.807) is 0 Å². The van der Waals surface area contributed by atoms with Crippen molar-refractivity contribution in [2.24, 2.45) is 10.8 Å². The zero-order chi connectivity index (χ0) is 26.1. The lowest BCUT2D eigenvalue weighted by Crippen LogP contribution is -2.41. The molecule has 36 heavy (non-hydrogen) atoms. The largest absolute Gasteiger partial charge is 0.461 e. The maximum Gasteiger partial charge on any atom is 0.416 e. The van der Waals surface area contributed by atoms with Crippen LogP contribution in [-0.2, 0) is 35.0 Å². The third-order valence-electron chi connectivity index (χ3n) is 7.03. The minimum absolute atomic E-state index is 0.0358. The summed E-state index contributed by atoms with van der Waals surface area (Å²) in [5, 5.41) is 7.86. The van der Waals surface area contributed by atoms with Crippen molar-refractivity contribution in [3.05, 3.63) is 52.3 Å². The average Bonchev–Trinajstić information content (AvgIpc) is 3.09. The number of esters is 1. The molecule has 0 aliphatic carbocycles. The van der Waals surface area contributed by atoms with Gasteiger partial charge in [-0.3, -0.25) is 9.48 Å². The van der Waals surface area contributed by atoms with Gasteiger partial charge in [-0.1, -0.05) is 20.8 Å². The topological polar surface area (TPSA) is 82.5 Å². The van der Waals surface area contributed by atoms with Gasteiger partial charge in [-0.25, -0.2) is 4.79 Å². The first-order valence-corrected chi connectivity index (χ1v) is 12.2. The van der Waals surface area contributed by atoms with Gasteiger partial charge < -0.3 is 14.8 Å². The second-order valence-corrected chi connectivity index (χ2v) is 10.6. The molecular weight excluding hydrogens is 475 g/mol. The van der Waals surface area contributed by atoms with Crippen LogP contribution in [-0.4, -0.2) is 48.0 Å². The molecule has 1 amide bonds. The first kappa shape index (κ1) is 26.2. The second kappa shape index (κ2) is 9.88. The number of amides is 1. The van der Waals surface area contributed by atoms with E-state index in [1.165, 1.54) is 0 Å². The molecule has 2 aliphatic rings. The smallest absolute Gasteiger partial charge is 0.416 e. The lowest BCUT2D eigenvalue weighted by molar-refractivity contribution is -0.137. The van der Waals surface area contributed by atoms with Crippen LogP contribution in [0.5, 0.6) is 0 Å². The van der Waals surface area contributed by atoms with Gasteiger partial charge in [0.05, 0.1) is 34.7 Å². The fourth-order valence-corrected chi connectivity index (χ4v) is 4.89. The Hall–Kier alpha value is -2.88. The van der Waals surface area contributed by atoms with E-state index in [1.807, 2.05) is 25.5 Å².